The van der Waals surface area contributed by atoms with Crippen LogP contribution >= 0.6 is 34.5 Å². The number of thiophene rings is 1. The fraction of sp³-hybridized carbons (Fsp3) is 0.308. The molecule has 19 heavy (non-hydrogen) atoms. The highest BCUT2D eigenvalue weighted by Gasteiger charge is 2.19. The predicted octanol–water partition coefficient (Wildman–Crippen LogP) is 3.30. The van der Waals surface area contributed by atoms with Crippen molar-refractivity contribution in [3.8, 4) is 0 Å². The molecule has 1 unspecified atom stereocenters. The summed E-state index contributed by atoms with van der Waals surface area (Å²) in [6.07, 6.45) is 0.975. The summed E-state index contributed by atoms with van der Waals surface area (Å²) in [4.78, 5) is 12.8. The summed E-state index contributed by atoms with van der Waals surface area (Å²) in [6, 6.07) is 5.58. The van der Waals surface area contributed by atoms with Crippen LogP contribution in [0.1, 0.15) is 16.1 Å². The average Bonchev–Trinajstić information content (AvgIpc) is 2.97. The standard InChI is InChI=1S/C13H12Cl2N2OS/c14-7-3-10(15)9-5-12(19-11(9)4-7)13(18)17-8-1-2-16-6-8/h3-5,8,16H,1-2,6H2,(H,17,18). The van der Waals surface area contributed by atoms with E-state index in [4.69, 9.17) is 23.2 Å². The maximum atomic E-state index is 12.2. The molecule has 2 heterocycles. The zero-order valence-electron chi connectivity index (χ0n) is 10.0. The van der Waals surface area contributed by atoms with E-state index >= 15 is 0 Å². The van der Waals surface area contributed by atoms with Crippen molar-refractivity contribution >= 4 is 50.5 Å². The van der Waals surface area contributed by atoms with Crippen molar-refractivity contribution in [1.29, 1.82) is 0 Å². The molecule has 0 aliphatic carbocycles. The number of nitrogens with one attached hydrogen (secondary N) is 2. The molecule has 3 nitrogen and oxygen atoms in total. The zero-order valence-corrected chi connectivity index (χ0v) is 12.3. The van der Waals surface area contributed by atoms with E-state index in [-0.39, 0.29) is 11.9 Å². The van der Waals surface area contributed by atoms with Gasteiger partial charge >= 0.3 is 0 Å². The van der Waals surface area contributed by atoms with Crippen LogP contribution in [0, 0.1) is 0 Å². The van der Waals surface area contributed by atoms with E-state index in [1.54, 1.807) is 6.07 Å². The molecule has 1 aromatic heterocycles. The molecule has 1 aromatic carbocycles. The third-order valence-electron chi connectivity index (χ3n) is 3.17. The Labute approximate surface area is 124 Å². The van der Waals surface area contributed by atoms with Gasteiger partial charge in [0.2, 0.25) is 0 Å². The molecule has 1 saturated heterocycles. The monoisotopic (exact) mass is 314 g/mol. The molecule has 0 saturated carbocycles. The minimum atomic E-state index is -0.0397. The molecule has 1 fully saturated rings. The lowest BCUT2D eigenvalue weighted by atomic mass is 10.2. The summed E-state index contributed by atoms with van der Waals surface area (Å²) in [5.74, 6) is -0.0397. The van der Waals surface area contributed by atoms with Crippen LogP contribution in [-0.2, 0) is 0 Å². The molecule has 2 N–H and O–H groups in total. The second kappa shape index (κ2) is 5.29. The van der Waals surface area contributed by atoms with Gasteiger partial charge in [-0.25, -0.2) is 0 Å². The van der Waals surface area contributed by atoms with E-state index in [9.17, 15) is 4.79 Å². The molecule has 3 rings (SSSR count). The first-order valence-electron chi connectivity index (χ1n) is 6.03. The Kier molecular flexibility index (Phi) is 3.67. The number of fused-ring (bicyclic) bond motifs is 1. The van der Waals surface area contributed by atoms with Gasteiger partial charge in [-0.3, -0.25) is 4.79 Å². The van der Waals surface area contributed by atoms with Crippen LogP contribution in [0.5, 0.6) is 0 Å². The highest BCUT2D eigenvalue weighted by molar-refractivity contribution is 7.21. The predicted molar refractivity (Wildman–Crippen MR) is 80.6 cm³/mol. The van der Waals surface area contributed by atoms with Crippen molar-refractivity contribution in [2.75, 3.05) is 13.1 Å². The van der Waals surface area contributed by atoms with Crippen LogP contribution in [0.4, 0.5) is 0 Å². The lowest BCUT2D eigenvalue weighted by Crippen LogP contribution is -2.35. The molecule has 2 aromatic rings. The van der Waals surface area contributed by atoms with Crippen molar-refractivity contribution in [2.45, 2.75) is 12.5 Å². The van der Waals surface area contributed by atoms with E-state index in [1.807, 2.05) is 12.1 Å². The van der Waals surface area contributed by atoms with Gasteiger partial charge in [-0.05, 0) is 31.2 Å². The van der Waals surface area contributed by atoms with Gasteiger partial charge in [0.25, 0.3) is 5.91 Å². The Bertz CT molecular complexity index is 635. The third kappa shape index (κ3) is 2.72. The van der Waals surface area contributed by atoms with Gasteiger partial charge in [-0.15, -0.1) is 11.3 Å². The van der Waals surface area contributed by atoms with E-state index in [2.05, 4.69) is 10.6 Å². The SMILES string of the molecule is O=C(NC1CCNC1)c1cc2c(Cl)cc(Cl)cc2s1. The highest BCUT2D eigenvalue weighted by atomic mass is 35.5. The number of carbonyl (C=O) groups is 1. The maximum absolute atomic E-state index is 12.2. The number of halogens is 2. The van der Waals surface area contributed by atoms with E-state index in [0.29, 0.717) is 14.9 Å². The molecule has 1 aliphatic rings. The Hall–Kier alpha value is -0.810. The first kappa shape index (κ1) is 13.2. The fourth-order valence-corrected chi connectivity index (χ4v) is 3.91. The lowest BCUT2D eigenvalue weighted by Gasteiger charge is -2.09. The summed E-state index contributed by atoms with van der Waals surface area (Å²) < 4.78 is 0.937. The second-order valence-electron chi connectivity index (χ2n) is 4.57. The van der Waals surface area contributed by atoms with Crippen LogP contribution in [-0.4, -0.2) is 25.0 Å². The number of hydrogen-bond acceptors (Lipinski definition) is 3. The largest absolute Gasteiger partial charge is 0.347 e. The van der Waals surface area contributed by atoms with Crippen molar-refractivity contribution in [3.05, 3.63) is 33.1 Å². The summed E-state index contributed by atoms with van der Waals surface area (Å²) in [7, 11) is 0. The van der Waals surface area contributed by atoms with Crippen LogP contribution in [0.25, 0.3) is 10.1 Å². The zero-order chi connectivity index (χ0) is 13.4. The first-order valence-corrected chi connectivity index (χ1v) is 7.61. The van der Waals surface area contributed by atoms with Gasteiger partial charge in [-0.1, -0.05) is 23.2 Å². The van der Waals surface area contributed by atoms with E-state index < -0.39 is 0 Å². The van der Waals surface area contributed by atoms with Crippen molar-refractivity contribution < 1.29 is 4.79 Å². The number of carbonyl (C=O) groups excluding carboxylic acids is 1. The maximum Gasteiger partial charge on any atom is 0.261 e. The van der Waals surface area contributed by atoms with Crippen molar-refractivity contribution in [3.63, 3.8) is 0 Å². The van der Waals surface area contributed by atoms with Gasteiger partial charge in [-0.2, -0.15) is 0 Å². The summed E-state index contributed by atoms with van der Waals surface area (Å²) in [6.45, 7) is 1.79. The Morgan fingerprint density at radius 3 is 2.95 bits per heavy atom. The third-order valence-corrected chi connectivity index (χ3v) is 4.78. The van der Waals surface area contributed by atoms with Crippen LogP contribution in [0.3, 0.4) is 0 Å². The molecule has 0 spiro atoms. The van der Waals surface area contributed by atoms with Crippen molar-refractivity contribution in [2.24, 2.45) is 0 Å². The number of hydrogen-bond donors (Lipinski definition) is 2. The van der Waals surface area contributed by atoms with Gasteiger partial charge in [0.1, 0.15) is 0 Å². The van der Waals surface area contributed by atoms with E-state index in [1.165, 1.54) is 11.3 Å². The molecular formula is C13H12Cl2N2OS. The molecule has 1 aliphatic heterocycles. The van der Waals surface area contributed by atoms with Gasteiger partial charge in [0.15, 0.2) is 0 Å². The number of amides is 1. The molecule has 1 amide bonds. The van der Waals surface area contributed by atoms with Crippen LogP contribution in [0.2, 0.25) is 10.0 Å². The van der Waals surface area contributed by atoms with Gasteiger partial charge in [0.05, 0.1) is 9.90 Å². The van der Waals surface area contributed by atoms with E-state index in [0.717, 1.165) is 29.6 Å². The molecule has 100 valence electrons. The van der Waals surface area contributed by atoms with Gasteiger partial charge < -0.3 is 10.6 Å². The quantitative estimate of drug-likeness (QED) is 0.893. The minimum Gasteiger partial charge on any atom is -0.347 e. The number of benzene rings is 1. The highest BCUT2D eigenvalue weighted by Crippen LogP contribution is 2.34. The Morgan fingerprint density at radius 1 is 1.37 bits per heavy atom. The summed E-state index contributed by atoms with van der Waals surface area (Å²) in [5, 5.41) is 8.30. The average molecular weight is 315 g/mol. The second-order valence-corrected chi connectivity index (χ2v) is 6.50. The summed E-state index contributed by atoms with van der Waals surface area (Å²) >= 11 is 13.5. The Balaban J connectivity index is 1.88. The fourth-order valence-electron chi connectivity index (χ4n) is 2.21. The van der Waals surface area contributed by atoms with Crippen LogP contribution < -0.4 is 10.6 Å². The lowest BCUT2D eigenvalue weighted by molar-refractivity contribution is 0.0944. The van der Waals surface area contributed by atoms with Gasteiger partial charge in [0, 0.05) is 27.7 Å². The normalized spacial score (nSPS) is 18.9. The van der Waals surface area contributed by atoms with Crippen LogP contribution in [0.15, 0.2) is 18.2 Å². The molecule has 6 heteroatoms. The molecule has 0 bridgehead atoms. The van der Waals surface area contributed by atoms with Crippen molar-refractivity contribution in [1.82, 2.24) is 10.6 Å². The molecule has 1 atom stereocenters. The Morgan fingerprint density at radius 2 is 2.21 bits per heavy atom. The summed E-state index contributed by atoms with van der Waals surface area (Å²) in [5.41, 5.74) is 0. The minimum absolute atomic E-state index is 0.0397. The first-order chi connectivity index (χ1) is 9.13. The molecular weight excluding hydrogens is 303 g/mol. The molecule has 0 radical (unpaired) electrons. The number of rotatable bonds is 2. The topological polar surface area (TPSA) is 41.1 Å². The smallest absolute Gasteiger partial charge is 0.261 e.